The third kappa shape index (κ3) is 4.92. The van der Waals surface area contributed by atoms with Crippen LogP contribution in [0.3, 0.4) is 0 Å². The maximum absolute atomic E-state index is 13.3. The van der Waals surface area contributed by atoms with Gasteiger partial charge in [0.25, 0.3) is 0 Å². The summed E-state index contributed by atoms with van der Waals surface area (Å²) in [6, 6.07) is 4.66. The zero-order valence-electron chi connectivity index (χ0n) is 10.4. The first-order chi connectivity index (χ1) is 8.34. The highest BCUT2D eigenvalue weighted by Crippen LogP contribution is 2.10. The molecule has 0 heterocycles. The van der Waals surface area contributed by atoms with Gasteiger partial charge in [-0.2, -0.15) is 0 Å². The fourth-order valence-corrected chi connectivity index (χ4v) is 3.03. The molecule has 0 bridgehead atoms. The van der Waals surface area contributed by atoms with Crippen molar-refractivity contribution in [2.75, 3.05) is 11.6 Å². The zero-order chi connectivity index (χ0) is 13.8. The van der Waals surface area contributed by atoms with E-state index in [-0.39, 0.29) is 24.0 Å². The highest BCUT2D eigenvalue weighted by molar-refractivity contribution is 7.89. The summed E-state index contributed by atoms with van der Waals surface area (Å²) in [5.74, 6) is -0.176. The van der Waals surface area contributed by atoms with E-state index in [1.165, 1.54) is 6.07 Å². The van der Waals surface area contributed by atoms with Crippen LogP contribution in [0.25, 0.3) is 0 Å². The molecule has 1 unspecified atom stereocenters. The monoisotopic (exact) mass is 293 g/mol. The van der Waals surface area contributed by atoms with E-state index in [2.05, 4.69) is 4.72 Å². The topological polar surface area (TPSA) is 46.2 Å². The summed E-state index contributed by atoms with van der Waals surface area (Å²) in [4.78, 5) is 0. The Labute approximate surface area is 112 Å². The number of halogens is 2. The van der Waals surface area contributed by atoms with Gasteiger partial charge in [0.1, 0.15) is 5.82 Å². The van der Waals surface area contributed by atoms with Crippen LogP contribution in [-0.4, -0.2) is 20.1 Å². The lowest BCUT2D eigenvalue weighted by Gasteiger charge is -2.10. The number of benzene rings is 1. The van der Waals surface area contributed by atoms with Crippen LogP contribution in [-0.2, 0) is 16.6 Å². The molecule has 0 aliphatic carbocycles. The fraction of sp³-hybridized carbons (Fsp3) is 0.500. The molecule has 0 aliphatic rings. The third-order valence-electron chi connectivity index (χ3n) is 2.50. The minimum absolute atomic E-state index is 0.0230. The lowest BCUT2D eigenvalue weighted by atomic mass is 10.1. The average molecular weight is 294 g/mol. The molecule has 1 N–H and O–H groups in total. The van der Waals surface area contributed by atoms with Gasteiger partial charge in [0.05, 0.1) is 5.75 Å². The molecule has 0 aromatic heterocycles. The van der Waals surface area contributed by atoms with Gasteiger partial charge in [-0.1, -0.05) is 19.1 Å². The second kappa shape index (κ2) is 6.50. The highest BCUT2D eigenvalue weighted by atomic mass is 35.5. The van der Waals surface area contributed by atoms with E-state index in [1.54, 1.807) is 26.0 Å². The van der Waals surface area contributed by atoms with Crippen LogP contribution >= 0.6 is 11.6 Å². The van der Waals surface area contributed by atoms with Gasteiger partial charge in [-0.25, -0.2) is 17.5 Å². The van der Waals surface area contributed by atoms with Crippen LogP contribution in [0.5, 0.6) is 0 Å². The molecule has 1 rings (SSSR count). The number of nitrogens with one attached hydrogen (secondary N) is 1. The Morgan fingerprint density at radius 1 is 1.44 bits per heavy atom. The van der Waals surface area contributed by atoms with E-state index in [4.69, 9.17) is 11.6 Å². The van der Waals surface area contributed by atoms with Gasteiger partial charge >= 0.3 is 0 Å². The van der Waals surface area contributed by atoms with E-state index in [0.717, 1.165) is 0 Å². The van der Waals surface area contributed by atoms with Crippen molar-refractivity contribution < 1.29 is 12.8 Å². The first-order valence-corrected chi connectivity index (χ1v) is 7.81. The lowest BCUT2D eigenvalue weighted by molar-refractivity contribution is 0.567. The standard InChI is InChI=1S/C12H17ClFNO2S/c1-9(6-13)8-18(16,17)15-7-11-4-3-10(2)12(14)5-11/h3-5,9,15H,6-8H2,1-2H3. The van der Waals surface area contributed by atoms with Gasteiger partial charge in [-0.3, -0.25) is 0 Å². The van der Waals surface area contributed by atoms with Gasteiger partial charge in [-0.15, -0.1) is 11.6 Å². The van der Waals surface area contributed by atoms with Crippen molar-refractivity contribution in [3.63, 3.8) is 0 Å². The first kappa shape index (κ1) is 15.4. The molecule has 0 fully saturated rings. The number of hydrogen-bond donors (Lipinski definition) is 1. The third-order valence-corrected chi connectivity index (χ3v) is 4.62. The van der Waals surface area contributed by atoms with E-state index in [0.29, 0.717) is 17.0 Å². The van der Waals surface area contributed by atoms with Crippen molar-refractivity contribution in [3.8, 4) is 0 Å². The van der Waals surface area contributed by atoms with Gasteiger partial charge in [-0.05, 0) is 30.0 Å². The number of aryl methyl sites for hydroxylation is 1. The molecule has 0 saturated heterocycles. The van der Waals surface area contributed by atoms with Gasteiger partial charge in [0.2, 0.25) is 10.0 Å². The predicted molar refractivity (Wildman–Crippen MR) is 71.6 cm³/mol. The molecule has 0 radical (unpaired) electrons. The highest BCUT2D eigenvalue weighted by Gasteiger charge is 2.14. The van der Waals surface area contributed by atoms with Crippen LogP contribution in [0, 0.1) is 18.7 Å². The second-order valence-electron chi connectivity index (χ2n) is 4.45. The largest absolute Gasteiger partial charge is 0.212 e. The molecule has 1 atom stereocenters. The van der Waals surface area contributed by atoms with Crippen molar-refractivity contribution in [2.24, 2.45) is 5.92 Å². The normalized spacial score (nSPS) is 13.6. The smallest absolute Gasteiger partial charge is 0.212 e. The number of alkyl halides is 1. The molecule has 6 heteroatoms. The summed E-state index contributed by atoms with van der Waals surface area (Å²) in [6.07, 6.45) is 0. The number of rotatable bonds is 6. The second-order valence-corrected chi connectivity index (χ2v) is 6.61. The Morgan fingerprint density at radius 3 is 2.67 bits per heavy atom. The van der Waals surface area contributed by atoms with Crippen LogP contribution in [0.15, 0.2) is 18.2 Å². The molecule has 3 nitrogen and oxygen atoms in total. The Balaban J connectivity index is 2.61. The molecule has 0 saturated carbocycles. The molecule has 102 valence electrons. The quantitative estimate of drug-likeness (QED) is 0.819. The van der Waals surface area contributed by atoms with E-state index in [1.807, 2.05) is 0 Å². The van der Waals surface area contributed by atoms with Crippen LogP contribution in [0.1, 0.15) is 18.1 Å². The molecule has 1 aromatic carbocycles. The molecule has 0 amide bonds. The Hall–Kier alpha value is -0.650. The lowest BCUT2D eigenvalue weighted by Crippen LogP contribution is -2.29. The average Bonchev–Trinajstić information content (AvgIpc) is 2.30. The van der Waals surface area contributed by atoms with Gasteiger partial charge in [0, 0.05) is 12.4 Å². The maximum atomic E-state index is 13.3. The Bertz CT molecular complexity index is 505. The Kier molecular flexibility index (Phi) is 5.56. The SMILES string of the molecule is Cc1ccc(CNS(=O)(=O)CC(C)CCl)cc1F. The Morgan fingerprint density at radius 2 is 2.11 bits per heavy atom. The van der Waals surface area contributed by atoms with E-state index in [9.17, 15) is 12.8 Å². The van der Waals surface area contributed by atoms with E-state index >= 15 is 0 Å². The predicted octanol–water partition coefficient (Wildman–Crippen LogP) is 2.43. The zero-order valence-corrected chi connectivity index (χ0v) is 12.0. The van der Waals surface area contributed by atoms with Gasteiger partial charge in [0.15, 0.2) is 0 Å². The summed E-state index contributed by atoms with van der Waals surface area (Å²) >= 11 is 5.57. The van der Waals surface area contributed by atoms with Crippen molar-refractivity contribution in [1.29, 1.82) is 0 Å². The summed E-state index contributed by atoms with van der Waals surface area (Å²) in [5, 5.41) is 0. The molecule has 18 heavy (non-hydrogen) atoms. The molecular formula is C12H17ClFNO2S. The first-order valence-electron chi connectivity index (χ1n) is 5.62. The van der Waals surface area contributed by atoms with Crippen molar-refractivity contribution in [3.05, 3.63) is 35.1 Å². The fourth-order valence-electron chi connectivity index (χ4n) is 1.42. The van der Waals surface area contributed by atoms with Gasteiger partial charge < -0.3 is 0 Å². The summed E-state index contributed by atoms with van der Waals surface area (Å²) < 4.78 is 39.0. The molecule has 0 spiro atoms. The van der Waals surface area contributed by atoms with Crippen LogP contribution in [0.2, 0.25) is 0 Å². The van der Waals surface area contributed by atoms with Crippen molar-refractivity contribution in [2.45, 2.75) is 20.4 Å². The number of sulfonamides is 1. The molecular weight excluding hydrogens is 277 g/mol. The molecule has 1 aromatic rings. The van der Waals surface area contributed by atoms with Crippen LogP contribution < -0.4 is 4.72 Å². The minimum atomic E-state index is -3.37. The minimum Gasteiger partial charge on any atom is -0.212 e. The van der Waals surface area contributed by atoms with E-state index < -0.39 is 10.0 Å². The summed E-state index contributed by atoms with van der Waals surface area (Å²) in [6.45, 7) is 3.51. The van der Waals surface area contributed by atoms with Crippen molar-refractivity contribution in [1.82, 2.24) is 4.72 Å². The summed E-state index contributed by atoms with van der Waals surface area (Å²) in [7, 11) is -3.37. The summed E-state index contributed by atoms with van der Waals surface area (Å²) in [5.41, 5.74) is 1.14. The number of hydrogen-bond acceptors (Lipinski definition) is 2. The maximum Gasteiger partial charge on any atom is 0.212 e. The van der Waals surface area contributed by atoms with Crippen LogP contribution in [0.4, 0.5) is 4.39 Å². The van der Waals surface area contributed by atoms with Crippen molar-refractivity contribution >= 4 is 21.6 Å². The molecule has 0 aliphatic heterocycles.